The van der Waals surface area contributed by atoms with E-state index in [9.17, 15) is 23.4 Å². The van der Waals surface area contributed by atoms with Crippen LogP contribution in [0.5, 0.6) is 0 Å². The number of aliphatic hydroxyl groups is 2. The Hall–Kier alpha value is -0.300. The Morgan fingerprint density at radius 2 is 1.82 bits per heavy atom. The number of benzene rings is 1. The summed E-state index contributed by atoms with van der Waals surface area (Å²) in [5.74, 6) is -0.269. The van der Waals surface area contributed by atoms with E-state index in [1.165, 1.54) is 6.07 Å². The number of aliphatic hydroxyl groups excluding tert-OH is 2. The lowest BCUT2D eigenvalue weighted by Crippen LogP contribution is -2.20. The molecular formula is C10H9BrClF3O2. The van der Waals surface area contributed by atoms with Crippen LogP contribution in [0.4, 0.5) is 13.2 Å². The maximum atomic E-state index is 12.5. The first-order valence-corrected chi connectivity index (χ1v) is 5.88. The first-order chi connectivity index (χ1) is 7.75. The highest BCUT2D eigenvalue weighted by atomic mass is 79.9. The van der Waals surface area contributed by atoms with Crippen LogP contribution in [0, 0.1) is 0 Å². The molecule has 1 aromatic rings. The topological polar surface area (TPSA) is 40.5 Å². The lowest BCUT2D eigenvalue weighted by Gasteiger charge is -2.17. The normalized spacial score (nSPS) is 15.7. The third-order valence-electron chi connectivity index (χ3n) is 2.11. The first-order valence-electron chi connectivity index (χ1n) is 4.55. The molecule has 0 heterocycles. The van der Waals surface area contributed by atoms with Crippen LogP contribution >= 0.6 is 27.5 Å². The average molecular weight is 334 g/mol. The van der Waals surface area contributed by atoms with Gasteiger partial charge in [0.2, 0.25) is 0 Å². The van der Waals surface area contributed by atoms with Crippen molar-refractivity contribution in [3.8, 4) is 0 Å². The van der Waals surface area contributed by atoms with Crippen molar-refractivity contribution < 1.29 is 23.4 Å². The molecule has 0 spiro atoms. The van der Waals surface area contributed by atoms with Gasteiger partial charge in [-0.25, -0.2) is 0 Å². The Kier molecular flexibility index (Phi) is 4.83. The standard InChI is InChI=1S/C10H9BrClF3O2/c11-7-2-5(9(17)8(16)4-12)1-6(3-7)10(13,14)15/h1-3,8-9,16-17H,4H2. The predicted octanol–water partition coefficient (Wildman–Crippen LogP) is 3.10. The van der Waals surface area contributed by atoms with Gasteiger partial charge in [0.15, 0.2) is 0 Å². The van der Waals surface area contributed by atoms with Crippen LogP contribution in [0.2, 0.25) is 0 Å². The molecule has 1 rings (SSSR count). The summed E-state index contributed by atoms with van der Waals surface area (Å²) in [5, 5.41) is 18.9. The maximum absolute atomic E-state index is 12.5. The summed E-state index contributed by atoms with van der Waals surface area (Å²) in [6.07, 6.45) is -7.28. The van der Waals surface area contributed by atoms with Gasteiger partial charge < -0.3 is 10.2 Å². The van der Waals surface area contributed by atoms with Gasteiger partial charge in [0, 0.05) is 4.47 Å². The second kappa shape index (κ2) is 5.56. The number of halogens is 5. The van der Waals surface area contributed by atoms with Crippen LogP contribution in [0.15, 0.2) is 22.7 Å². The molecule has 0 saturated heterocycles. The third-order valence-corrected chi connectivity index (χ3v) is 2.89. The summed E-state index contributed by atoms with van der Waals surface area (Å²) in [6.45, 7) is 0. The molecule has 0 radical (unpaired) electrons. The minimum atomic E-state index is -4.51. The van der Waals surface area contributed by atoms with Gasteiger partial charge in [0.05, 0.1) is 17.5 Å². The van der Waals surface area contributed by atoms with E-state index in [-0.39, 0.29) is 15.9 Å². The van der Waals surface area contributed by atoms with Crippen molar-refractivity contribution in [2.75, 3.05) is 5.88 Å². The van der Waals surface area contributed by atoms with Gasteiger partial charge in [-0.1, -0.05) is 15.9 Å². The zero-order valence-electron chi connectivity index (χ0n) is 8.38. The molecule has 2 nitrogen and oxygen atoms in total. The van der Waals surface area contributed by atoms with Crippen molar-refractivity contribution in [3.05, 3.63) is 33.8 Å². The second-order valence-electron chi connectivity index (χ2n) is 3.44. The Labute approximate surface area is 109 Å². The fourth-order valence-corrected chi connectivity index (χ4v) is 1.93. The number of hydrogen-bond acceptors (Lipinski definition) is 2. The number of alkyl halides is 4. The van der Waals surface area contributed by atoms with Crippen LogP contribution in [-0.2, 0) is 6.18 Å². The molecule has 0 aliphatic heterocycles. The van der Waals surface area contributed by atoms with Gasteiger partial charge in [-0.2, -0.15) is 13.2 Å². The molecule has 0 saturated carbocycles. The van der Waals surface area contributed by atoms with E-state index in [0.717, 1.165) is 12.1 Å². The van der Waals surface area contributed by atoms with E-state index in [0.29, 0.717) is 0 Å². The van der Waals surface area contributed by atoms with Crippen molar-refractivity contribution in [2.45, 2.75) is 18.4 Å². The minimum absolute atomic E-state index is 0.0418. The molecule has 96 valence electrons. The fourth-order valence-electron chi connectivity index (χ4n) is 1.25. The van der Waals surface area contributed by atoms with Gasteiger partial charge >= 0.3 is 6.18 Å². The summed E-state index contributed by atoms with van der Waals surface area (Å²) in [5.41, 5.74) is -0.942. The van der Waals surface area contributed by atoms with E-state index in [2.05, 4.69) is 15.9 Å². The highest BCUT2D eigenvalue weighted by Crippen LogP contribution is 2.34. The van der Waals surface area contributed by atoms with Crippen molar-refractivity contribution in [1.82, 2.24) is 0 Å². The summed E-state index contributed by atoms with van der Waals surface area (Å²) >= 11 is 8.24. The molecule has 0 aliphatic carbocycles. The molecule has 0 amide bonds. The molecule has 17 heavy (non-hydrogen) atoms. The molecule has 2 N–H and O–H groups in total. The quantitative estimate of drug-likeness (QED) is 0.835. The SMILES string of the molecule is OC(CCl)C(O)c1cc(Br)cc(C(F)(F)F)c1. The summed E-state index contributed by atoms with van der Waals surface area (Å²) in [4.78, 5) is 0. The van der Waals surface area contributed by atoms with Gasteiger partial charge in [-0.05, 0) is 23.8 Å². The van der Waals surface area contributed by atoms with Crippen molar-refractivity contribution in [1.29, 1.82) is 0 Å². The van der Waals surface area contributed by atoms with E-state index >= 15 is 0 Å². The zero-order chi connectivity index (χ0) is 13.2. The molecular weight excluding hydrogens is 324 g/mol. The van der Waals surface area contributed by atoms with Crippen molar-refractivity contribution in [2.24, 2.45) is 0 Å². The highest BCUT2D eigenvalue weighted by Gasteiger charge is 2.32. The van der Waals surface area contributed by atoms with Gasteiger partial charge in [-0.15, -0.1) is 11.6 Å². The average Bonchev–Trinajstić information content (AvgIpc) is 2.25. The van der Waals surface area contributed by atoms with Crippen molar-refractivity contribution in [3.63, 3.8) is 0 Å². The summed E-state index contributed by atoms with van der Waals surface area (Å²) in [7, 11) is 0. The molecule has 7 heteroatoms. The molecule has 0 aliphatic rings. The fraction of sp³-hybridized carbons (Fsp3) is 0.400. The largest absolute Gasteiger partial charge is 0.416 e. The second-order valence-corrected chi connectivity index (χ2v) is 4.66. The van der Waals surface area contributed by atoms with Gasteiger partial charge in [-0.3, -0.25) is 0 Å². The van der Waals surface area contributed by atoms with E-state index in [4.69, 9.17) is 11.6 Å². The minimum Gasteiger partial charge on any atom is -0.389 e. The highest BCUT2D eigenvalue weighted by molar-refractivity contribution is 9.10. The molecule has 0 bridgehead atoms. The van der Waals surface area contributed by atoms with Crippen LogP contribution in [-0.4, -0.2) is 22.2 Å². The lowest BCUT2D eigenvalue weighted by molar-refractivity contribution is -0.137. The van der Waals surface area contributed by atoms with E-state index < -0.39 is 23.9 Å². The van der Waals surface area contributed by atoms with Crippen LogP contribution in [0.3, 0.4) is 0 Å². The number of hydrogen-bond donors (Lipinski definition) is 2. The van der Waals surface area contributed by atoms with E-state index in [1.54, 1.807) is 0 Å². The van der Waals surface area contributed by atoms with Crippen LogP contribution in [0.1, 0.15) is 17.2 Å². The molecule has 1 aromatic carbocycles. The monoisotopic (exact) mass is 332 g/mol. The Balaban J connectivity index is 3.14. The Morgan fingerprint density at radius 3 is 2.29 bits per heavy atom. The molecule has 2 atom stereocenters. The third kappa shape index (κ3) is 3.84. The Bertz CT molecular complexity index is 398. The zero-order valence-corrected chi connectivity index (χ0v) is 10.7. The van der Waals surface area contributed by atoms with E-state index in [1.807, 2.05) is 0 Å². The van der Waals surface area contributed by atoms with Gasteiger partial charge in [0.1, 0.15) is 6.10 Å². The molecule has 0 fully saturated rings. The molecule has 2 unspecified atom stereocenters. The maximum Gasteiger partial charge on any atom is 0.416 e. The summed E-state index contributed by atoms with van der Waals surface area (Å²) < 4.78 is 37.7. The van der Waals surface area contributed by atoms with Crippen LogP contribution in [0.25, 0.3) is 0 Å². The first kappa shape index (κ1) is 14.8. The number of rotatable bonds is 3. The van der Waals surface area contributed by atoms with Crippen LogP contribution < -0.4 is 0 Å². The Morgan fingerprint density at radius 1 is 1.24 bits per heavy atom. The molecule has 0 aromatic heterocycles. The van der Waals surface area contributed by atoms with Gasteiger partial charge in [0.25, 0.3) is 0 Å². The summed E-state index contributed by atoms with van der Waals surface area (Å²) in [6, 6.07) is 2.98. The predicted molar refractivity (Wildman–Crippen MR) is 60.8 cm³/mol. The smallest absolute Gasteiger partial charge is 0.389 e. The lowest BCUT2D eigenvalue weighted by atomic mass is 10.0. The van der Waals surface area contributed by atoms with Crippen molar-refractivity contribution >= 4 is 27.5 Å².